The van der Waals surface area contributed by atoms with Gasteiger partial charge in [0.15, 0.2) is 0 Å². The number of unbranched alkanes of at least 4 members (excludes halogenated alkanes) is 2. The first-order valence-corrected chi connectivity index (χ1v) is 5.50. The maximum absolute atomic E-state index is 10.4. The molecule has 0 aromatic rings. The number of nitrogens with zero attached hydrogens (tertiary/aromatic N) is 1. The zero-order valence-corrected chi connectivity index (χ0v) is 9.62. The SMILES string of the molecule is CCCCC[C@H](C)N(C)CCC(=O)O. The molecule has 0 unspecified atom stereocenters. The van der Waals surface area contributed by atoms with Crippen LogP contribution in [0.3, 0.4) is 0 Å². The molecule has 0 spiro atoms. The summed E-state index contributed by atoms with van der Waals surface area (Å²) in [6, 6.07) is 0.501. The van der Waals surface area contributed by atoms with Crippen molar-refractivity contribution in [3.63, 3.8) is 0 Å². The van der Waals surface area contributed by atoms with Crippen LogP contribution in [0.4, 0.5) is 0 Å². The molecule has 3 nitrogen and oxygen atoms in total. The molecule has 0 aromatic carbocycles. The maximum Gasteiger partial charge on any atom is 0.304 e. The van der Waals surface area contributed by atoms with Crippen molar-refractivity contribution < 1.29 is 9.90 Å². The van der Waals surface area contributed by atoms with Crippen LogP contribution in [0.2, 0.25) is 0 Å². The predicted octanol–water partition coefficient (Wildman–Crippen LogP) is 2.36. The molecule has 14 heavy (non-hydrogen) atoms. The van der Waals surface area contributed by atoms with Crippen LogP contribution in [0, 0.1) is 0 Å². The summed E-state index contributed by atoms with van der Waals surface area (Å²) in [5.41, 5.74) is 0. The Morgan fingerprint density at radius 3 is 2.57 bits per heavy atom. The monoisotopic (exact) mass is 201 g/mol. The molecule has 0 heterocycles. The molecule has 0 aromatic heterocycles. The number of carboxylic acids is 1. The Hall–Kier alpha value is -0.570. The van der Waals surface area contributed by atoms with E-state index in [9.17, 15) is 4.79 Å². The third kappa shape index (κ3) is 6.89. The number of hydrogen-bond donors (Lipinski definition) is 1. The van der Waals surface area contributed by atoms with Gasteiger partial charge in [0.05, 0.1) is 6.42 Å². The minimum absolute atomic E-state index is 0.245. The van der Waals surface area contributed by atoms with E-state index >= 15 is 0 Å². The van der Waals surface area contributed by atoms with E-state index < -0.39 is 5.97 Å². The van der Waals surface area contributed by atoms with E-state index in [1.54, 1.807) is 0 Å². The lowest BCUT2D eigenvalue weighted by atomic mass is 10.1. The molecule has 1 atom stereocenters. The van der Waals surface area contributed by atoms with Crippen LogP contribution >= 0.6 is 0 Å². The Morgan fingerprint density at radius 1 is 1.43 bits per heavy atom. The molecule has 0 radical (unpaired) electrons. The van der Waals surface area contributed by atoms with E-state index in [1.165, 1.54) is 25.7 Å². The van der Waals surface area contributed by atoms with Gasteiger partial charge < -0.3 is 10.0 Å². The highest BCUT2D eigenvalue weighted by molar-refractivity contribution is 5.66. The number of aliphatic carboxylic acids is 1. The number of carboxylic acid groups (broad SMARTS) is 1. The lowest BCUT2D eigenvalue weighted by molar-refractivity contribution is -0.137. The lowest BCUT2D eigenvalue weighted by Gasteiger charge is -2.23. The third-order valence-electron chi connectivity index (χ3n) is 2.66. The molecule has 0 aliphatic carbocycles. The average Bonchev–Trinajstić information content (AvgIpc) is 2.14. The molecule has 0 saturated heterocycles. The van der Waals surface area contributed by atoms with Crippen LogP contribution in [-0.2, 0) is 4.79 Å². The summed E-state index contributed by atoms with van der Waals surface area (Å²) in [4.78, 5) is 12.5. The summed E-state index contributed by atoms with van der Waals surface area (Å²) >= 11 is 0. The van der Waals surface area contributed by atoms with Crippen LogP contribution in [-0.4, -0.2) is 35.6 Å². The summed E-state index contributed by atoms with van der Waals surface area (Å²) in [6.45, 7) is 5.01. The first-order valence-electron chi connectivity index (χ1n) is 5.50. The van der Waals surface area contributed by atoms with E-state index in [0.29, 0.717) is 12.6 Å². The van der Waals surface area contributed by atoms with Gasteiger partial charge in [0.25, 0.3) is 0 Å². The van der Waals surface area contributed by atoms with Gasteiger partial charge in [-0.1, -0.05) is 26.2 Å². The van der Waals surface area contributed by atoms with Crippen LogP contribution < -0.4 is 0 Å². The van der Waals surface area contributed by atoms with Gasteiger partial charge in [-0.15, -0.1) is 0 Å². The van der Waals surface area contributed by atoms with Gasteiger partial charge in [-0.05, 0) is 20.4 Å². The van der Waals surface area contributed by atoms with Crippen molar-refractivity contribution in [1.29, 1.82) is 0 Å². The summed E-state index contributed by atoms with van der Waals surface area (Å²) in [7, 11) is 2.00. The largest absolute Gasteiger partial charge is 0.481 e. The Kier molecular flexibility index (Phi) is 7.48. The second-order valence-corrected chi connectivity index (χ2v) is 3.97. The van der Waals surface area contributed by atoms with Crippen molar-refractivity contribution in [3.05, 3.63) is 0 Å². The molecule has 1 N–H and O–H groups in total. The first kappa shape index (κ1) is 13.4. The Labute approximate surface area is 87.1 Å². The smallest absolute Gasteiger partial charge is 0.304 e. The summed E-state index contributed by atoms with van der Waals surface area (Å²) in [6.07, 6.45) is 5.18. The molecular formula is C11H23NO2. The van der Waals surface area contributed by atoms with Crippen LogP contribution in [0.15, 0.2) is 0 Å². The van der Waals surface area contributed by atoms with Gasteiger partial charge in [0, 0.05) is 12.6 Å². The topological polar surface area (TPSA) is 40.5 Å². The quantitative estimate of drug-likeness (QED) is 0.613. The van der Waals surface area contributed by atoms with Crippen molar-refractivity contribution in [3.8, 4) is 0 Å². The van der Waals surface area contributed by atoms with Gasteiger partial charge in [-0.3, -0.25) is 4.79 Å². The van der Waals surface area contributed by atoms with Gasteiger partial charge in [0.2, 0.25) is 0 Å². The minimum atomic E-state index is -0.711. The highest BCUT2D eigenvalue weighted by Gasteiger charge is 2.09. The first-order chi connectivity index (χ1) is 6.57. The lowest BCUT2D eigenvalue weighted by Crippen LogP contribution is -2.31. The summed E-state index contributed by atoms with van der Waals surface area (Å²) in [5.74, 6) is -0.711. The van der Waals surface area contributed by atoms with Crippen LogP contribution in [0.1, 0.15) is 46.0 Å². The summed E-state index contributed by atoms with van der Waals surface area (Å²) in [5, 5.41) is 8.53. The molecule has 0 aliphatic rings. The second kappa shape index (κ2) is 7.80. The molecule has 0 saturated carbocycles. The Bertz CT molecular complexity index is 159. The van der Waals surface area contributed by atoms with Gasteiger partial charge in [0.1, 0.15) is 0 Å². The normalized spacial score (nSPS) is 13.1. The van der Waals surface area contributed by atoms with Crippen molar-refractivity contribution >= 4 is 5.97 Å². The van der Waals surface area contributed by atoms with Gasteiger partial charge in [-0.2, -0.15) is 0 Å². The van der Waals surface area contributed by atoms with Gasteiger partial charge >= 0.3 is 5.97 Å². The number of hydrogen-bond acceptors (Lipinski definition) is 2. The molecular weight excluding hydrogens is 178 g/mol. The molecule has 84 valence electrons. The van der Waals surface area contributed by atoms with Gasteiger partial charge in [-0.25, -0.2) is 0 Å². The predicted molar refractivity (Wildman–Crippen MR) is 58.5 cm³/mol. The van der Waals surface area contributed by atoms with Crippen LogP contribution in [0.25, 0.3) is 0 Å². The highest BCUT2D eigenvalue weighted by Crippen LogP contribution is 2.08. The van der Waals surface area contributed by atoms with Crippen molar-refractivity contribution in [2.24, 2.45) is 0 Å². The van der Waals surface area contributed by atoms with Crippen LogP contribution in [0.5, 0.6) is 0 Å². The zero-order chi connectivity index (χ0) is 11.0. The molecule has 0 fully saturated rings. The molecule has 0 bridgehead atoms. The van der Waals surface area contributed by atoms with E-state index in [0.717, 1.165) is 0 Å². The van der Waals surface area contributed by atoms with E-state index in [1.807, 2.05) is 7.05 Å². The minimum Gasteiger partial charge on any atom is -0.481 e. The standard InChI is InChI=1S/C11H23NO2/c1-4-5-6-7-10(2)12(3)9-8-11(13)14/h10H,4-9H2,1-3H3,(H,13,14)/t10-/m0/s1. The Balaban J connectivity index is 3.53. The Morgan fingerprint density at radius 2 is 2.07 bits per heavy atom. The number of carbonyl (C=O) groups is 1. The molecule has 0 amide bonds. The fraction of sp³-hybridized carbons (Fsp3) is 0.909. The fourth-order valence-electron chi connectivity index (χ4n) is 1.40. The maximum atomic E-state index is 10.4. The van der Waals surface area contributed by atoms with Crippen molar-refractivity contribution in [1.82, 2.24) is 4.90 Å². The second-order valence-electron chi connectivity index (χ2n) is 3.97. The molecule has 0 aliphatic heterocycles. The molecule has 0 rings (SSSR count). The third-order valence-corrected chi connectivity index (χ3v) is 2.66. The van der Waals surface area contributed by atoms with E-state index in [2.05, 4.69) is 18.7 Å². The van der Waals surface area contributed by atoms with E-state index in [-0.39, 0.29) is 6.42 Å². The van der Waals surface area contributed by atoms with Crippen molar-refractivity contribution in [2.45, 2.75) is 52.0 Å². The molecule has 3 heteroatoms. The number of rotatable bonds is 8. The zero-order valence-electron chi connectivity index (χ0n) is 9.62. The fourth-order valence-corrected chi connectivity index (χ4v) is 1.40. The van der Waals surface area contributed by atoms with E-state index in [4.69, 9.17) is 5.11 Å². The highest BCUT2D eigenvalue weighted by atomic mass is 16.4. The summed E-state index contributed by atoms with van der Waals surface area (Å²) < 4.78 is 0. The average molecular weight is 201 g/mol. The van der Waals surface area contributed by atoms with Crippen molar-refractivity contribution in [2.75, 3.05) is 13.6 Å².